The lowest BCUT2D eigenvalue weighted by molar-refractivity contribution is -0.123. The van der Waals surface area contributed by atoms with Gasteiger partial charge in [-0.1, -0.05) is 12.1 Å². The fraction of sp³-hybridized carbons (Fsp3) is 0.462. The molecule has 0 aliphatic heterocycles. The summed E-state index contributed by atoms with van der Waals surface area (Å²) in [6.07, 6.45) is 0. The zero-order chi connectivity index (χ0) is 12.7. The third-order valence-corrected chi connectivity index (χ3v) is 2.24. The van der Waals surface area contributed by atoms with E-state index >= 15 is 0 Å². The van der Waals surface area contributed by atoms with Crippen molar-refractivity contribution < 1.29 is 9.53 Å². The van der Waals surface area contributed by atoms with Gasteiger partial charge in [0.15, 0.2) is 6.61 Å². The van der Waals surface area contributed by atoms with Crippen LogP contribution in [0.2, 0.25) is 0 Å². The van der Waals surface area contributed by atoms with Crippen LogP contribution in [-0.2, 0) is 4.79 Å². The van der Waals surface area contributed by atoms with Crippen molar-refractivity contribution >= 4 is 5.91 Å². The molecule has 0 heterocycles. The highest BCUT2D eigenvalue weighted by Gasteiger charge is 2.02. The fourth-order valence-electron chi connectivity index (χ4n) is 1.32. The van der Waals surface area contributed by atoms with E-state index in [-0.39, 0.29) is 12.5 Å². The van der Waals surface area contributed by atoms with Crippen LogP contribution in [0.3, 0.4) is 0 Å². The standard InChI is InChI=1S/C13H20N2O2/c1-11-5-4-6-12(9-11)17-10-13(16)14-7-8-15(2)3/h4-6,9H,7-8,10H2,1-3H3,(H,14,16). The van der Waals surface area contributed by atoms with E-state index in [1.807, 2.05) is 50.2 Å². The molecule has 4 nitrogen and oxygen atoms in total. The number of hydrogen-bond acceptors (Lipinski definition) is 3. The molecule has 17 heavy (non-hydrogen) atoms. The van der Waals surface area contributed by atoms with Gasteiger partial charge in [0, 0.05) is 13.1 Å². The Kier molecular flexibility index (Phi) is 5.49. The maximum absolute atomic E-state index is 11.4. The summed E-state index contributed by atoms with van der Waals surface area (Å²) < 4.78 is 5.38. The molecule has 0 aromatic heterocycles. The fourth-order valence-corrected chi connectivity index (χ4v) is 1.32. The second kappa shape index (κ2) is 6.91. The summed E-state index contributed by atoms with van der Waals surface area (Å²) in [7, 11) is 3.94. The molecule has 1 rings (SSSR count). The molecule has 0 aliphatic rings. The van der Waals surface area contributed by atoms with Gasteiger partial charge in [0.25, 0.3) is 5.91 Å². The molecule has 4 heteroatoms. The molecular weight excluding hydrogens is 216 g/mol. The van der Waals surface area contributed by atoms with E-state index in [0.717, 1.165) is 17.9 Å². The van der Waals surface area contributed by atoms with Crippen LogP contribution in [-0.4, -0.2) is 44.6 Å². The van der Waals surface area contributed by atoms with Gasteiger partial charge in [0.2, 0.25) is 0 Å². The smallest absolute Gasteiger partial charge is 0.257 e. The molecule has 0 spiro atoms. The predicted molar refractivity (Wildman–Crippen MR) is 68.2 cm³/mol. The minimum atomic E-state index is -0.0895. The lowest BCUT2D eigenvalue weighted by Crippen LogP contribution is -2.34. The van der Waals surface area contributed by atoms with Gasteiger partial charge < -0.3 is 15.0 Å². The number of ether oxygens (including phenoxy) is 1. The largest absolute Gasteiger partial charge is 0.484 e. The minimum absolute atomic E-state index is 0.0664. The molecule has 0 atom stereocenters. The highest BCUT2D eigenvalue weighted by atomic mass is 16.5. The normalized spacial score (nSPS) is 10.4. The summed E-state index contributed by atoms with van der Waals surface area (Å²) >= 11 is 0. The third kappa shape index (κ3) is 5.92. The SMILES string of the molecule is Cc1cccc(OCC(=O)NCCN(C)C)c1. The van der Waals surface area contributed by atoms with Crippen LogP contribution < -0.4 is 10.1 Å². The Morgan fingerprint density at radius 1 is 1.41 bits per heavy atom. The molecule has 94 valence electrons. The van der Waals surface area contributed by atoms with E-state index < -0.39 is 0 Å². The van der Waals surface area contributed by atoms with Gasteiger partial charge in [-0.05, 0) is 38.7 Å². The van der Waals surface area contributed by atoms with Crippen LogP contribution in [0.5, 0.6) is 5.75 Å². The molecule has 1 N–H and O–H groups in total. The van der Waals surface area contributed by atoms with Crippen LogP contribution in [0.15, 0.2) is 24.3 Å². The molecule has 0 unspecified atom stereocenters. The number of carbonyl (C=O) groups excluding carboxylic acids is 1. The topological polar surface area (TPSA) is 41.6 Å². The summed E-state index contributed by atoms with van der Waals surface area (Å²) in [4.78, 5) is 13.4. The van der Waals surface area contributed by atoms with E-state index in [1.54, 1.807) is 0 Å². The summed E-state index contributed by atoms with van der Waals surface area (Å²) in [5.74, 6) is 0.640. The Morgan fingerprint density at radius 3 is 2.82 bits per heavy atom. The number of rotatable bonds is 6. The monoisotopic (exact) mass is 236 g/mol. The summed E-state index contributed by atoms with van der Waals surface area (Å²) in [5.41, 5.74) is 1.12. The molecular formula is C13H20N2O2. The van der Waals surface area contributed by atoms with Gasteiger partial charge in [-0.3, -0.25) is 4.79 Å². The molecule has 0 bridgehead atoms. The second-order valence-corrected chi connectivity index (χ2v) is 4.26. The number of aryl methyl sites for hydroxylation is 1. The first-order chi connectivity index (χ1) is 8.08. The van der Waals surface area contributed by atoms with Crippen LogP contribution in [0.4, 0.5) is 0 Å². The number of benzene rings is 1. The molecule has 0 saturated heterocycles. The van der Waals surface area contributed by atoms with Crippen molar-refractivity contribution in [2.24, 2.45) is 0 Å². The molecule has 0 fully saturated rings. The molecule has 1 aromatic rings. The molecule has 0 aliphatic carbocycles. The maximum Gasteiger partial charge on any atom is 0.257 e. The van der Waals surface area contributed by atoms with Crippen molar-refractivity contribution in [1.82, 2.24) is 10.2 Å². The van der Waals surface area contributed by atoms with Gasteiger partial charge in [-0.2, -0.15) is 0 Å². The minimum Gasteiger partial charge on any atom is -0.484 e. The van der Waals surface area contributed by atoms with Gasteiger partial charge in [0.05, 0.1) is 0 Å². The Balaban J connectivity index is 2.24. The van der Waals surface area contributed by atoms with E-state index in [1.165, 1.54) is 0 Å². The number of likely N-dealkylation sites (N-methyl/N-ethyl adjacent to an activating group) is 1. The van der Waals surface area contributed by atoms with Crippen LogP contribution >= 0.6 is 0 Å². The average Bonchev–Trinajstić information content (AvgIpc) is 2.26. The second-order valence-electron chi connectivity index (χ2n) is 4.26. The Bertz CT molecular complexity index is 364. The van der Waals surface area contributed by atoms with E-state index in [0.29, 0.717) is 6.54 Å². The van der Waals surface area contributed by atoms with Gasteiger partial charge in [-0.25, -0.2) is 0 Å². The van der Waals surface area contributed by atoms with Gasteiger partial charge in [-0.15, -0.1) is 0 Å². The first-order valence-electron chi connectivity index (χ1n) is 5.69. The van der Waals surface area contributed by atoms with Crippen molar-refractivity contribution in [2.45, 2.75) is 6.92 Å². The molecule has 0 radical (unpaired) electrons. The van der Waals surface area contributed by atoms with Crippen molar-refractivity contribution in [2.75, 3.05) is 33.8 Å². The van der Waals surface area contributed by atoms with E-state index in [9.17, 15) is 4.79 Å². The van der Waals surface area contributed by atoms with Crippen LogP contribution in [0.25, 0.3) is 0 Å². The maximum atomic E-state index is 11.4. The number of hydrogen-bond donors (Lipinski definition) is 1. The zero-order valence-corrected chi connectivity index (χ0v) is 10.7. The Labute approximate surface area is 103 Å². The summed E-state index contributed by atoms with van der Waals surface area (Å²) in [6.45, 7) is 3.53. The zero-order valence-electron chi connectivity index (χ0n) is 10.7. The Hall–Kier alpha value is -1.55. The van der Waals surface area contributed by atoms with E-state index in [4.69, 9.17) is 4.74 Å². The summed E-state index contributed by atoms with van der Waals surface area (Å²) in [5, 5.41) is 2.79. The number of nitrogens with one attached hydrogen (secondary N) is 1. The van der Waals surface area contributed by atoms with E-state index in [2.05, 4.69) is 5.32 Å². The molecule has 0 saturated carbocycles. The van der Waals surface area contributed by atoms with Crippen molar-refractivity contribution in [3.63, 3.8) is 0 Å². The van der Waals surface area contributed by atoms with Gasteiger partial charge in [0.1, 0.15) is 5.75 Å². The van der Waals surface area contributed by atoms with Crippen molar-refractivity contribution in [3.8, 4) is 5.75 Å². The van der Waals surface area contributed by atoms with Crippen molar-refractivity contribution in [1.29, 1.82) is 0 Å². The average molecular weight is 236 g/mol. The Morgan fingerprint density at radius 2 is 2.18 bits per heavy atom. The lowest BCUT2D eigenvalue weighted by Gasteiger charge is -2.11. The first kappa shape index (κ1) is 13.5. The third-order valence-electron chi connectivity index (χ3n) is 2.24. The molecule has 1 amide bonds. The lowest BCUT2D eigenvalue weighted by atomic mass is 10.2. The number of amides is 1. The predicted octanol–water partition coefficient (Wildman–Crippen LogP) is 1.05. The summed E-state index contributed by atoms with van der Waals surface area (Å²) in [6, 6.07) is 7.66. The van der Waals surface area contributed by atoms with Crippen LogP contribution in [0.1, 0.15) is 5.56 Å². The first-order valence-corrected chi connectivity index (χ1v) is 5.69. The van der Waals surface area contributed by atoms with Gasteiger partial charge >= 0.3 is 0 Å². The number of carbonyl (C=O) groups is 1. The van der Waals surface area contributed by atoms with Crippen LogP contribution in [0, 0.1) is 6.92 Å². The highest BCUT2D eigenvalue weighted by Crippen LogP contribution is 2.11. The number of nitrogens with zero attached hydrogens (tertiary/aromatic N) is 1. The van der Waals surface area contributed by atoms with Crippen molar-refractivity contribution in [3.05, 3.63) is 29.8 Å². The quantitative estimate of drug-likeness (QED) is 0.802. The molecule has 1 aromatic carbocycles. The highest BCUT2D eigenvalue weighted by molar-refractivity contribution is 5.77.